The fourth-order valence-corrected chi connectivity index (χ4v) is 2.68. The number of rotatable bonds is 10. The lowest BCUT2D eigenvalue weighted by Crippen LogP contribution is -2.29. The number of ether oxygens (including phenoxy) is 2. The minimum Gasteiger partial charge on any atom is -0.432 e. The van der Waals surface area contributed by atoms with Crippen molar-refractivity contribution in [1.29, 1.82) is 10.5 Å². The summed E-state index contributed by atoms with van der Waals surface area (Å²) in [4.78, 5) is 23.7. The lowest BCUT2D eigenvalue weighted by Gasteiger charge is -2.23. The summed E-state index contributed by atoms with van der Waals surface area (Å²) < 4.78 is 9.98. The van der Waals surface area contributed by atoms with Crippen LogP contribution in [0, 0.1) is 32.8 Å². The van der Waals surface area contributed by atoms with Gasteiger partial charge >= 0.3 is 6.16 Å². The number of non-ortho nitro benzene ring substituents is 1. The molecular formula is C22H22N6O5. The van der Waals surface area contributed by atoms with Crippen LogP contribution in [0.1, 0.15) is 25.8 Å². The largest absolute Gasteiger partial charge is 0.508 e. The molecular weight excluding hydrogens is 428 g/mol. The lowest BCUT2D eigenvalue weighted by molar-refractivity contribution is -0.384. The maximum absolute atomic E-state index is 11.5. The van der Waals surface area contributed by atoms with Crippen LogP contribution in [0.5, 0.6) is 0 Å². The highest BCUT2D eigenvalue weighted by molar-refractivity contribution is 5.60. The molecule has 0 spiro atoms. The zero-order valence-electron chi connectivity index (χ0n) is 18.2. The third-order valence-corrected chi connectivity index (χ3v) is 4.21. The van der Waals surface area contributed by atoms with Crippen LogP contribution in [0.15, 0.2) is 52.7 Å². The Labute approximate surface area is 190 Å². The summed E-state index contributed by atoms with van der Waals surface area (Å²) in [5.74, 6) is 0. The Kier molecular flexibility index (Phi) is 9.28. The first-order chi connectivity index (χ1) is 15.8. The van der Waals surface area contributed by atoms with E-state index in [1.165, 1.54) is 12.1 Å². The highest BCUT2D eigenvalue weighted by Gasteiger charge is 2.12. The number of hydrogen-bond acceptors (Lipinski definition) is 10. The van der Waals surface area contributed by atoms with Gasteiger partial charge in [-0.2, -0.15) is 15.6 Å². The number of nitro benzene ring substituents is 1. The second kappa shape index (κ2) is 12.4. The zero-order chi connectivity index (χ0) is 24.2. The topological polar surface area (TPSA) is 154 Å². The van der Waals surface area contributed by atoms with Gasteiger partial charge in [-0.3, -0.25) is 10.1 Å². The molecule has 33 heavy (non-hydrogen) atoms. The normalized spacial score (nSPS) is 10.5. The molecule has 0 saturated carbocycles. The standard InChI is InChI=1S/C22H22N6O5/c1-16(2)33-22(29)32-13-12-27(11-3-10-23)19-6-4-18(5-7-19)25-26-21-9-8-20(28(30)31)14-17(21)15-24/h4-9,14,16H,3,11-13H2,1-2H3/b26-25+. The second-order valence-corrected chi connectivity index (χ2v) is 6.95. The van der Waals surface area contributed by atoms with Crippen molar-refractivity contribution in [1.82, 2.24) is 0 Å². The number of azo groups is 1. The Hall–Kier alpha value is -4.51. The quantitative estimate of drug-likeness (QED) is 0.208. The van der Waals surface area contributed by atoms with Gasteiger partial charge in [0.15, 0.2) is 0 Å². The van der Waals surface area contributed by atoms with Gasteiger partial charge in [-0.15, -0.1) is 5.11 Å². The summed E-state index contributed by atoms with van der Waals surface area (Å²) in [6.07, 6.45) is -0.734. The van der Waals surface area contributed by atoms with E-state index < -0.39 is 11.1 Å². The van der Waals surface area contributed by atoms with Crippen molar-refractivity contribution in [2.75, 3.05) is 24.6 Å². The molecule has 0 aliphatic rings. The molecule has 0 aromatic heterocycles. The molecule has 0 bridgehead atoms. The van der Waals surface area contributed by atoms with Gasteiger partial charge in [-0.25, -0.2) is 4.79 Å². The Morgan fingerprint density at radius 3 is 2.48 bits per heavy atom. The molecule has 0 N–H and O–H groups in total. The zero-order valence-corrected chi connectivity index (χ0v) is 18.2. The Morgan fingerprint density at radius 2 is 1.88 bits per heavy atom. The summed E-state index contributed by atoms with van der Waals surface area (Å²) in [6, 6.07) is 14.7. The van der Waals surface area contributed by atoms with Crippen LogP contribution in [0.3, 0.4) is 0 Å². The van der Waals surface area contributed by atoms with Gasteiger partial charge in [-0.05, 0) is 44.2 Å². The SMILES string of the molecule is CC(C)OC(=O)OCCN(CCC#N)c1ccc(/N=N/c2ccc([N+](=O)[O-])cc2C#N)cc1. The molecule has 0 unspecified atom stereocenters. The van der Waals surface area contributed by atoms with Crippen LogP contribution in [-0.4, -0.2) is 36.9 Å². The minimum atomic E-state index is -0.746. The minimum absolute atomic E-state index is 0.0447. The van der Waals surface area contributed by atoms with Crippen molar-refractivity contribution < 1.29 is 19.2 Å². The maximum Gasteiger partial charge on any atom is 0.508 e. The molecule has 11 nitrogen and oxygen atoms in total. The number of hydrogen-bond donors (Lipinski definition) is 0. The third kappa shape index (κ3) is 7.92. The molecule has 0 amide bonds. The average molecular weight is 450 g/mol. The van der Waals surface area contributed by atoms with Crippen LogP contribution < -0.4 is 4.90 Å². The van der Waals surface area contributed by atoms with Crippen molar-refractivity contribution in [2.45, 2.75) is 26.4 Å². The number of nitro groups is 1. The highest BCUT2D eigenvalue weighted by atomic mass is 16.7. The van der Waals surface area contributed by atoms with Crippen LogP contribution >= 0.6 is 0 Å². The summed E-state index contributed by atoms with van der Waals surface area (Å²) in [5.41, 5.74) is 1.35. The Bertz CT molecular complexity index is 1090. The average Bonchev–Trinajstić information content (AvgIpc) is 2.79. The van der Waals surface area contributed by atoms with E-state index in [4.69, 9.17) is 14.7 Å². The van der Waals surface area contributed by atoms with Crippen molar-refractivity contribution in [2.24, 2.45) is 10.2 Å². The van der Waals surface area contributed by atoms with E-state index in [9.17, 15) is 20.2 Å². The predicted octanol–water partition coefficient (Wildman–Crippen LogP) is 5.16. The van der Waals surface area contributed by atoms with Gasteiger partial charge in [0.2, 0.25) is 0 Å². The summed E-state index contributed by atoms with van der Waals surface area (Å²) in [5, 5.41) is 37.1. The molecule has 0 aliphatic heterocycles. The second-order valence-electron chi connectivity index (χ2n) is 6.95. The summed E-state index contributed by atoms with van der Waals surface area (Å²) in [7, 11) is 0. The molecule has 0 aliphatic carbocycles. The molecule has 0 saturated heterocycles. The predicted molar refractivity (Wildman–Crippen MR) is 118 cm³/mol. The summed E-state index contributed by atoms with van der Waals surface area (Å²) >= 11 is 0. The lowest BCUT2D eigenvalue weighted by atomic mass is 10.2. The number of carbonyl (C=O) groups excluding carboxylic acids is 1. The molecule has 0 heterocycles. The van der Waals surface area contributed by atoms with Gasteiger partial charge in [0.1, 0.15) is 18.4 Å². The molecule has 2 rings (SSSR count). The monoisotopic (exact) mass is 450 g/mol. The molecule has 2 aromatic rings. The molecule has 0 fully saturated rings. The van der Waals surface area contributed by atoms with E-state index in [1.807, 2.05) is 11.0 Å². The Morgan fingerprint density at radius 1 is 1.15 bits per heavy atom. The molecule has 2 aromatic carbocycles. The molecule has 170 valence electrons. The first-order valence-corrected chi connectivity index (χ1v) is 9.99. The van der Waals surface area contributed by atoms with E-state index in [2.05, 4.69) is 16.3 Å². The summed E-state index contributed by atoms with van der Waals surface area (Å²) in [6.45, 7) is 4.35. The number of carbonyl (C=O) groups is 1. The fraction of sp³-hybridized carbons (Fsp3) is 0.318. The first kappa shape index (κ1) is 24.8. The van der Waals surface area contributed by atoms with E-state index in [1.54, 1.807) is 38.1 Å². The van der Waals surface area contributed by atoms with Crippen LogP contribution in [0.25, 0.3) is 0 Å². The highest BCUT2D eigenvalue weighted by Crippen LogP contribution is 2.27. The van der Waals surface area contributed by atoms with Crippen molar-refractivity contribution in [3.8, 4) is 12.1 Å². The smallest absolute Gasteiger partial charge is 0.432 e. The van der Waals surface area contributed by atoms with Crippen molar-refractivity contribution in [3.05, 3.63) is 58.1 Å². The van der Waals surface area contributed by atoms with Gasteiger partial charge in [-0.1, -0.05) is 0 Å². The molecule has 0 radical (unpaired) electrons. The van der Waals surface area contributed by atoms with Crippen molar-refractivity contribution in [3.63, 3.8) is 0 Å². The fourth-order valence-electron chi connectivity index (χ4n) is 2.68. The van der Waals surface area contributed by atoms with E-state index in [-0.39, 0.29) is 36.1 Å². The maximum atomic E-state index is 11.5. The third-order valence-electron chi connectivity index (χ3n) is 4.21. The van der Waals surface area contributed by atoms with Crippen LogP contribution in [0.4, 0.5) is 27.5 Å². The van der Waals surface area contributed by atoms with Crippen LogP contribution in [0.2, 0.25) is 0 Å². The molecule has 0 atom stereocenters. The van der Waals surface area contributed by atoms with Gasteiger partial charge in [0, 0.05) is 24.4 Å². The number of anilines is 1. The van der Waals surface area contributed by atoms with E-state index in [0.717, 1.165) is 11.8 Å². The molecule has 11 heteroatoms. The van der Waals surface area contributed by atoms with Crippen molar-refractivity contribution >= 4 is 28.9 Å². The van der Waals surface area contributed by atoms with E-state index >= 15 is 0 Å². The first-order valence-electron chi connectivity index (χ1n) is 9.99. The number of nitriles is 2. The Balaban J connectivity index is 2.07. The van der Waals surface area contributed by atoms with Gasteiger partial charge < -0.3 is 14.4 Å². The van der Waals surface area contributed by atoms with Gasteiger partial charge in [0.05, 0.1) is 41.3 Å². The number of benzene rings is 2. The number of nitrogens with zero attached hydrogens (tertiary/aromatic N) is 6. The van der Waals surface area contributed by atoms with Gasteiger partial charge in [0.25, 0.3) is 5.69 Å². The van der Waals surface area contributed by atoms with E-state index in [0.29, 0.717) is 18.8 Å². The van der Waals surface area contributed by atoms with Crippen LogP contribution in [-0.2, 0) is 9.47 Å².